The van der Waals surface area contributed by atoms with Gasteiger partial charge in [-0.15, -0.1) is 0 Å². The van der Waals surface area contributed by atoms with Gasteiger partial charge >= 0.3 is 0 Å². The highest BCUT2D eigenvalue weighted by molar-refractivity contribution is 5.49. The minimum atomic E-state index is 0.764. The van der Waals surface area contributed by atoms with E-state index in [1.807, 2.05) is 13.0 Å². The van der Waals surface area contributed by atoms with E-state index in [1.54, 1.807) is 14.2 Å². The molecule has 0 heterocycles. The molecule has 17 heavy (non-hydrogen) atoms. The summed E-state index contributed by atoms with van der Waals surface area (Å²) >= 11 is 0. The molecule has 0 bridgehead atoms. The molecule has 94 valence electrons. The molecular weight excluding hydrogens is 214 g/mol. The van der Waals surface area contributed by atoms with Gasteiger partial charge in [0.1, 0.15) is 11.5 Å². The van der Waals surface area contributed by atoms with E-state index < -0.39 is 0 Å². The molecule has 0 atom stereocenters. The lowest BCUT2D eigenvalue weighted by molar-refractivity contribution is 0.385. The van der Waals surface area contributed by atoms with Crippen LogP contribution in [0.4, 0.5) is 0 Å². The highest BCUT2D eigenvalue weighted by Crippen LogP contribution is 2.31. The second-order valence-electron chi connectivity index (χ2n) is 4.56. The lowest BCUT2D eigenvalue weighted by atomic mass is 10.1. The Kier molecular flexibility index (Phi) is 3.89. The first-order chi connectivity index (χ1) is 8.26. The normalized spacial score (nSPS) is 14.8. The maximum absolute atomic E-state index is 5.48. The predicted octanol–water partition coefficient (Wildman–Crippen LogP) is 2.31. The molecule has 0 amide bonds. The van der Waals surface area contributed by atoms with Crippen molar-refractivity contribution in [1.29, 1.82) is 0 Å². The Hall–Kier alpha value is -1.22. The van der Waals surface area contributed by atoms with Gasteiger partial charge in [-0.05, 0) is 44.4 Å². The van der Waals surface area contributed by atoms with Crippen molar-refractivity contribution in [3.05, 3.63) is 23.3 Å². The van der Waals surface area contributed by atoms with Crippen LogP contribution in [0.2, 0.25) is 0 Å². The molecule has 1 aromatic carbocycles. The average molecular weight is 235 g/mol. The third-order valence-electron chi connectivity index (χ3n) is 3.27. The van der Waals surface area contributed by atoms with Crippen molar-refractivity contribution in [2.45, 2.75) is 32.2 Å². The molecule has 1 saturated carbocycles. The molecule has 3 heteroatoms. The number of hydrogen-bond donors (Lipinski definition) is 1. The first-order valence-corrected chi connectivity index (χ1v) is 6.20. The molecule has 0 unspecified atom stereocenters. The van der Waals surface area contributed by atoms with Gasteiger partial charge < -0.3 is 14.8 Å². The summed E-state index contributed by atoms with van der Waals surface area (Å²) in [7, 11) is 3.41. The summed E-state index contributed by atoms with van der Waals surface area (Å²) in [6.07, 6.45) is 3.67. The molecule has 0 radical (unpaired) electrons. The summed E-state index contributed by atoms with van der Waals surface area (Å²) in [4.78, 5) is 0. The molecule has 0 saturated heterocycles. The third kappa shape index (κ3) is 2.91. The van der Waals surface area contributed by atoms with Crippen molar-refractivity contribution in [2.75, 3.05) is 20.8 Å². The van der Waals surface area contributed by atoms with Gasteiger partial charge in [0.05, 0.1) is 14.2 Å². The van der Waals surface area contributed by atoms with Gasteiger partial charge in [-0.2, -0.15) is 0 Å². The van der Waals surface area contributed by atoms with Gasteiger partial charge in [0.2, 0.25) is 0 Å². The first kappa shape index (κ1) is 12.2. The van der Waals surface area contributed by atoms with Crippen molar-refractivity contribution in [3.8, 4) is 11.5 Å². The van der Waals surface area contributed by atoms with E-state index in [1.165, 1.54) is 18.4 Å². The summed E-state index contributed by atoms with van der Waals surface area (Å²) < 4.78 is 10.8. The zero-order valence-corrected chi connectivity index (χ0v) is 10.9. The van der Waals surface area contributed by atoms with E-state index in [4.69, 9.17) is 9.47 Å². The lowest BCUT2D eigenvalue weighted by Gasteiger charge is -2.14. The molecule has 1 aliphatic rings. The van der Waals surface area contributed by atoms with Gasteiger partial charge in [-0.1, -0.05) is 6.07 Å². The summed E-state index contributed by atoms with van der Waals surface area (Å²) in [5, 5.41) is 3.52. The molecule has 0 aliphatic heterocycles. The van der Waals surface area contributed by atoms with Crippen LogP contribution < -0.4 is 14.8 Å². The molecule has 0 spiro atoms. The molecular formula is C14H21NO2. The van der Waals surface area contributed by atoms with Crippen LogP contribution in [0.5, 0.6) is 11.5 Å². The molecule has 0 aromatic heterocycles. The van der Waals surface area contributed by atoms with Crippen molar-refractivity contribution < 1.29 is 9.47 Å². The SMILES string of the molecule is COc1ccc(CCNC2CC2)c(OC)c1C. The number of nitrogens with one attached hydrogen (secondary N) is 1. The van der Waals surface area contributed by atoms with E-state index in [-0.39, 0.29) is 0 Å². The van der Waals surface area contributed by atoms with Gasteiger partial charge in [0.15, 0.2) is 0 Å². The van der Waals surface area contributed by atoms with Gasteiger partial charge in [-0.25, -0.2) is 0 Å². The van der Waals surface area contributed by atoms with E-state index in [0.29, 0.717) is 0 Å². The van der Waals surface area contributed by atoms with Crippen molar-refractivity contribution in [2.24, 2.45) is 0 Å². The van der Waals surface area contributed by atoms with E-state index in [0.717, 1.165) is 36.1 Å². The number of rotatable bonds is 6. The summed E-state index contributed by atoms with van der Waals surface area (Å²) in [5.74, 6) is 1.85. The maximum Gasteiger partial charge on any atom is 0.128 e. The highest BCUT2D eigenvalue weighted by atomic mass is 16.5. The monoisotopic (exact) mass is 235 g/mol. The molecule has 1 aromatic rings. The summed E-state index contributed by atoms with van der Waals surface area (Å²) in [6.45, 7) is 3.06. The molecule has 1 N–H and O–H groups in total. The van der Waals surface area contributed by atoms with Crippen LogP contribution in [0.15, 0.2) is 12.1 Å². The fraction of sp³-hybridized carbons (Fsp3) is 0.571. The van der Waals surface area contributed by atoms with Crippen LogP contribution >= 0.6 is 0 Å². The van der Waals surface area contributed by atoms with Gasteiger partial charge in [0, 0.05) is 11.6 Å². The van der Waals surface area contributed by atoms with Crippen molar-refractivity contribution >= 4 is 0 Å². The number of ether oxygens (including phenoxy) is 2. The van der Waals surface area contributed by atoms with Gasteiger partial charge in [-0.3, -0.25) is 0 Å². The second kappa shape index (κ2) is 5.41. The Labute approximate surface area is 103 Å². The van der Waals surface area contributed by atoms with Crippen LogP contribution in [-0.4, -0.2) is 26.8 Å². The second-order valence-corrected chi connectivity index (χ2v) is 4.56. The van der Waals surface area contributed by atoms with Crippen molar-refractivity contribution in [1.82, 2.24) is 5.32 Å². The Morgan fingerprint density at radius 1 is 1.24 bits per heavy atom. The minimum absolute atomic E-state index is 0.764. The smallest absolute Gasteiger partial charge is 0.128 e. The van der Waals surface area contributed by atoms with Crippen LogP contribution in [0, 0.1) is 6.92 Å². The van der Waals surface area contributed by atoms with Crippen LogP contribution in [0.1, 0.15) is 24.0 Å². The van der Waals surface area contributed by atoms with E-state index in [9.17, 15) is 0 Å². The Morgan fingerprint density at radius 2 is 2.00 bits per heavy atom. The van der Waals surface area contributed by atoms with E-state index in [2.05, 4.69) is 11.4 Å². The van der Waals surface area contributed by atoms with Crippen LogP contribution in [-0.2, 0) is 6.42 Å². The van der Waals surface area contributed by atoms with Crippen LogP contribution in [0.3, 0.4) is 0 Å². The summed E-state index contributed by atoms with van der Waals surface area (Å²) in [5.41, 5.74) is 2.33. The number of benzene rings is 1. The zero-order valence-electron chi connectivity index (χ0n) is 10.9. The first-order valence-electron chi connectivity index (χ1n) is 6.20. The Morgan fingerprint density at radius 3 is 2.59 bits per heavy atom. The fourth-order valence-corrected chi connectivity index (χ4v) is 2.13. The Bertz CT molecular complexity index is 386. The molecule has 1 aliphatic carbocycles. The molecule has 1 fully saturated rings. The van der Waals surface area contributed by atoms with Gasteiger partial charge in [0.25, 0.3) is 0 Å². The average Bonchev–Trinajstić information content (AvgIpc) is 3.13. The Balaban J connectivity index is 2.06. The quantitative estimate of drug-likeness (QED) is 0.820. The topological polar surface area (TPSA) is 30.5 Å². The third-order valence-corrected chi connectivity index (χ3v) is 3.27. The predicted molar refractivity (Wildman–Crippen MR) is 69.0 cm³/mol. The highest BCUT2D eigenvalue weighted by Gasteiger charge is 2.20. The zero-order chi connectivity index (χ0) is 12.3. The largest absolute Gasteiger partial charge is 0.496 e. The lowest BCUT2D eigenvalue weighted by Crippen LogP contribution is -2.19. The van der Waals surface area contributed by atoms with E-state index >= 15 is 0 Å². The fourth-order valence-electron chi connectivity index (χ4n) is 2.13. The number of methoxy groups -OCH3 is 2. The molecule has 2 rings (SSSR count). The van der Waals surface area contributed by atoms with Crippen molar-refractivity contribution in [3.63, 3.8) is 0 Å². The minimum Gasteiger partial charge on any atom is -0.496 e. The maximum atomic E-state index is 5.48. The summed E-state index contributed by atoms with van der Waals surface area (Å²) in [6, 6.07) is 4.88. The van der Waals surface area contributed by atoms with Crippen LogP contribution in [0.25, 0.3) is 0 Å². The number of hydrogen-bond acceptors (Lipinski definition) is 3. The molecule has 3 nitrogen and oxygen atoms in total. The standard InChI is InChI=1S/C14H21NO2/c1-10-13(16-2)7-4-11(14(10)17-3)8-9-15-12-5-6-12/h4,7,12,15H,5-6,8-9H2,1-3H3.